The number of nitrogens with one attached hydrogen (secondary N) is 1. The number of anilines is 2. The SMILES string of the molecule is COC(=O)COC(=O)c1ccccc1Nc1cccc(C(F)(F)F)c1. The van der Waals surface area contributed by atoms with E-state index < -0.39 is 30.3 Å². The molecule has 0 aromatic heterocycles. The van der Waals surface area contributed by atoms with Crippen molar-refractivity contribution in [3.8, 4) is 0 Å². The largest absolute Gasteiger partial charge is 0.466 e. The molecular formula is C17H14F3NO4. The maximum Gasteiger partial charge on any atom is 0.416 e. The lowest BCUT2D eigenvalue weighted by atomic mass is 10.1. The van der Waals surface area contributed by atoms with Crippen molar-refractivity contribution in [3.05, 3.63) is 59.7 Å². The van der Waals surface area contributed by atoms with Crippen LogP contribution in [0.1, 0.15) is 15.9 Å². The van der Waals surface area contributed by atoms with E-state index in [0.717, 1.165) is 19.2 Å². The molecule has 0 spiro atoms. The first-order valence-corrected chi connectivity index (χ1v) is 7.08. The van der Waals surface area contributed by atoms with Crippen molar-refractivity contribution in [1.29, 1.82) is 0 Å². The molecule has 2 rings (SSSR count). The van der Waals surface area contributed by atoms with Crippen LogP contribution >= 0.6 is 0 Å². The summed E-state index contributed by atoms with van der Waals surface area (Å²) in [7, 11) is 1.15. The van der Waals surface area contributed by atoms with Gasteiger partial charge in [-0.15, -0.1) is 0 Å². The van der Waals surface area contributed by atoms with Crippen molar-refractivity contribution < 1.29 is 32.2 Å². The summed E-state index contributed by atoms with van der Waals surface area (Å²) in [5.41, 5.74) is -0.341. The highest BCUT2D eigenvalue weighted by molar-refractivity contribution is 5.97. The van der Waals surface area contributed by atoms with E-state index in [-0.39, 0.29) is 16.9 Å². The van der Waals surface area contributed by atoms with Gasteiger partial charge < -0.3 is 14.8 Å². The van der Waals surface area contributed by atoms with Crippen molar-refractivity contribution in [2.75, 3.05) is 19.0 Å². The number of halogens is 3. The molecule has 0 saturated heterocycles. The zero-order valence-electron chi connectivity index (χ0n) is 13.1. The minimum atomic E-state index is -4.48. The quantitative estimate of drug-likeness (QED) is 0.829. The van der Waals surface area contributed by atoms with Crippen LogP contribution in [0.3, 0.4) is 0 Å². The van der Waals surface area contributed by atoms with Gasteiger partial charge in [0.1, 0.15) is 0 Å². The van der Waals surface area contributed by atoms with Crippen LogP contribution in [0.4, 0.5) is 24.5 Å². The summed E-state index contributed by atoms with van der Waals surface area (Å²) in [6, 6.07) is 10.7. The third kappa shape index (κ3) is 4.97. The molecule has 0 bridgehead atoms. The second-order valence-electron chi connectivity index (χ2n) is 4.90. The fraction of sp³-hybridized carbons (Fsp3) is 0.176. The molecule has 132 valence electrons. The molecule has 0 saturated carbocycles. The van der Waals surface area contributed by atoms with E-state index in [2.05, 4.69) is 10.1 Å². The molecule has 0 radical (unpaired) electrons. The monoisotopic (exact) mass is 353 g/mol. The third-order valence-corrected chi connectivity index (χ3v) is 3.16. The average Bonchev–Trinajstić information content (AvgIpc) is 2.59. The van der Waals surface area contributed by atoms with Crippen molar-refractivity contribution in [2.45, 2.75) is 6.18 Å². The number of benzene rings is 2. The standard InChI is InChI=1S/C17H14F3NO4/c1-24-15(22)10-25-16(23)13-7-2-3-8-14(13)21-12-6-4-5-11(9-12)17(18,19)20/h2-9,21H,10H2,1H3. The van der Waals surface area contributed by atoms with Crippen LogP contribution in [0.15, 0.2) is 48.5 Å². The molecule has 5 nitrogen and oxygen atoms in total. The van der Waals surface area contributed by atoms with Gasteiger partial charge in [0.05, 0.1) is 23.9 Å². The van der Waals surface area contributed by atoms with Gasteiger partial charge >= 0.3 is 18.1 Å². The molecule has 0 aliphatic heterocycles. The number of carbonyl (C=O) groups excluding carboxylic acids is 2. The summed E-state index contributed by atoms with van der Waals surface area (Å²) in [5, 5.41) is 2.75. The minimum absolute atomic E-state index is 0.0730. The van der Waals surface area contributed by atoms with Crippen molar-refractivity contribution in [2.24, 2.45) is 0 Å². The van der Waals surface area contributed by atoms with Crippen LogP contribution in [0, 0.1) is 0 Å². The highest BCUT2D eigenvalue weighted by Crippen LogP contribution is 2.31. The molecule has 0 atom stereocenters. The van der Waals surface area contributed by atoms with Gasteiger partial charge in [-0.2, -0.15) is 13.2 Å². The van der Waals surface area contributed by atoms with Gasteiger partial charge in [0.2, 0.25) is 0 Å². The second kappa shape index (κ2) is 7.69. The van der Waals surface area contributed by atoms with Crippen LogP contribution in [-0.2, 0) is 20.4 Å². The summed E-state index contributed by atoms with van der Waals surface area (Å²) >= 11 is 0. The third-order valence-electron chi connectivity index (χ3n) is 3.16. The summed E-state index contributed by atoms with van der Waals surface area (Å²) in [6.45, 7) is -0.562. The van der Waals surface area contributed by atoms with Gasteiger partial charge in [-0.05, 0) is 30.3 Å². The Morgan fingerprint density at radius 2 is 1.80 bits per heavy atom. The van der Waals surface area contributed by atoms with Crippen molar-refractivity contribution in [1.82, 2.24) is 0 Å². The average molecular weight is 353 g/mol. The summed E-state index contributed by atoms with van der Waals surface area (Å²) in [6.07, 6.45) is -4.48. The molecule has 2 aromatic carbocycles. The first kappa shape index (κ1) is 18.3. The Morgan fingerprint density at radius 3 is 2.48 bits per heavy atom. The number of ether oxygens (including phenoxy) is 2. The van der Waals surface area contributed by atoms with Gasteiger partial charge in [-0.1, -0.05) is 18.2 Å². The van der Waals surface area contributed by atoms with E-state index in [0.29, 0.717) is 0 Å². The fourth-order valence-corrected chi connectivity index (χ4v) is 1.96. The molecule has 0 fully saturated rings. The molecule has 8 heteroatoms. The number of rotatable bonds is 5. The topological polar surface area (TPSA) is 64.6 Å². The van der Waals surface area contributed by atoms with Gasteiger partial charge in [-0.25, -0.2) is 9.59 Å². The summed E-state index contributed by atoms with van der Waals surface area (Å²) < 4.78 is 47.5. The molecule has 25 heavy (non-hydrogen) atoms. The molecular weight excluding hydrogens is 339 g/mol. The van der Waals surface area contributed by atoms with E-state index in [4.69, 9.17) is 4.74 Å². The molecule has 1 N–H and O–H groups in total. The van der Waals surface area contributed by atoms with Crippen molar-refractivity contribution >= 4 is 23.3 Å². The number of hydrogen-bond donors (Lipinski definition) is 1. The van der Waals surface area contributed by atoms with Gasteiger partial charge in [0.25, 0.3) is 0 Å². The predicted octanol–water partition coefficient (Wildman–Crippen LogP) is 3.78. The number of hydrogen-bond acceptors (Lipinski definition) is 5. The molecule has 2 aromatic rings. The minimum Gasteiger partial charge on any atom is -0.466 e. The maximum absolute atomic E-state index is 12.8. The Morgan fingerprint density at radius 1 is 1.08 bits per heavy atom. The van der Waals surface area contributed by atoms with E-state index in [9.17, 15) is 22.8 Å². The van der Waals surface area contributed by atoms with E-state index in [1.807, 2.05) is 0 Å². The lowest BCUT2D eigenvalue weighted by Crippen LogP contribution is -2.16. The van der Waals surface area contributed by atoms with Gasteiger partial charge in [0, 0.05) is 5.69 Å². The van der Waals surface area contributed by atoms with Gasteiger partial charge in [-0.3, -0.25) is 0 Å². The normalized spacial score (nSPS) is 10.9. The zero-order chi connectivity index (χ0) is 18.4. The molecule has 0 aliphatic carbocycles. The zero-order valence-corrected chi connectivity index (χ0v) is 13.1. The highest BCUT2D eigenvalue weighted by atomic mass is 19.4. The Bertz CT molecular complexity index is 774. The van der Waals surface area contributed by atoms with Crippen LogP contribution in [0.5, 0.6) is 0 Å². The maximum atomic E-state index is 12.8. The van der Waals surface area contributed by atoms with Crippen LogP contribution in [-0.4, -0.2) is 25.7 Å². The summed E-state index contributed by atoms with van der Waals surface area (Å²) in [5.74, 6) is -1.53. The number of carbonyl (C=O) groups is 2. The smallest absolute Gasteiger partial charge is 0.416 e. The van der Waals surface area contributed by atoms with E-state index >= 15 is 0 Å². The first-order chi connectivity index (χ1) is 11.8. The van der Waals surface area contributed by atoms with Crippen LogP contribution in [0.2, 0.25) is 0 Å². The Labute approximate surface area is 141 Å². The highest BCUT2D eigenvalue weighted by Gasteiger charge is 2.30. The molecule has 0 aliphatic rings. The first-order valence-electron chi connectivity index (χ1n) is 7.08. The Hall–Kier alpha value is -3.03. The number of esters is 2. The van der Waals surface area contributed by atoms with Crippen LogP contribution in [0.25, 0.3) is 0 Å². The molecule has 0 heterocycles. The number of methoxy groups -OCH3 is 1. The number of alkyl halides is 3. The molecule has 0 amide bonds. The molecule has 0 unspecified atom stereocenters. The Kier molecular flexibility index (Phi) is 5.63. The lowest BCUT2D eigenvalue weighted by molar-refractivity contribution is -0.144. The predicted molar refractivity (Wildman–Crippen MR) is 83.5 cm³/mol. The lowest BCUT2D eigenvalue weighted by Gasteiger charge is -2.13. The Balaban J connectivity index is 2.21. The van der Waals surface area contributed by atoms with Gasteiger partial charge in [0.15, 0.2) is 6.61 Å². The summed E-state index contributed by atoms with van der Waals surface area (Å²) in [4.78, 5) is 23.1. The van der Waals surface area contributed by atoms with Crippen LogP contribution < -0.4 is 5.32 Å². The number of para-hydroxylation sites is 1. The fourth-order valence-electron chi connectivity index (χ4n) is 1.96. The van der Waals surface area contributed by atoms with E-state index in [1.54, 1.807) is 12.1 Å². The van der Waals surface area contributed by atoms with E-state index in [1.165, 1.54) is 24.3 Å². The second-order valence-corrected chi connectivity index (χ2v) is 4.90. The van der Waals surface area contributed by atoms with Crippen molar-refractivity contribution in [3.63, 3.8) is 0 Å².